The summed E-state index contributed by atoms with van der Waals surface area (Å²) in [6, 6.07) is 17.7. The van der Waals surface area contributed by atoms with Gasteiger partial charge in [0.25, 0.3) is 5.95 Å². The van der Waals surface area contributed by atoms with Crippen molar-refractivity contribution in [1.82, 2.24) is 29.6 Å². The van der Waals surface area contributed by atoms with Crippen molar-refractivity contribution >= 4 is 28.4 Å². The van der Waals surface area contributed by atoms with Crippen molar-refractivity contribution in [2.24, 2.45) is 0 Å². The van der Waals surface area contributed by atoms with Crippen molar-refractivity contribution in [2.45, 2.75) is 37.6 Å². The Balaban J connectivity index is 1.55. The third-order valence-electron chi connectivity index (χ3n) is 5.86. The number of nitrogens with zero attached hydrogens (tertiary/aromatic N) is 5. The number of carbonyl (C=O) groups excluding carboxylic acids is 1. The molecule has 5 rings (SSSR count). The van der Waals surface area contributed by atoms with Crippen LogP contribution in [0.4, 0.5) is 0 Å². The first-order valence-corrected chi connectivity index (χ1v) is 11.9. The SMILES string of the molecule is CCc1cccc2c(C(=O)C(Sc3nnc(-n4nc(C)cc4C)n3N)c3ccccc3)c[nH]c12. The Morgan fingerprint density at radius 2 is 1.91 bits per heavy atom. The number of aromatic nitrogens is 6. The van der Waals surface area contributed by atoms with Gasteiger partial charge in [-0.15, -0.1) is 10.2 Å². The lowest BCUT2D eigenvalue weighted by atomic mass is 10.0. The minimum Gasteiger partial charge on any atom is -0.360 e. The normalized spacial score (nSPS) is 12.3. The molecule has 0 saturated heterocycles. The first-order valence-electron chi connectivity index (χ1n) is 11.1. The molecule has 0 aliphatic rings. The van der Waals surface area contributed by atoms with Crippen molar-refractivity contribution in [3.63, 3.8) is 0 Å². The third-order valence-corrected chi connectivity index (χ3v) is 7.07. The lowest BCUT2D eigenvalue weighted by Gasteiger charge is -2.15. The van der Waals surface area contributed by atoms with Gasteiger partial charge in [-0.1, -0.05) is 67.2 Å². The zero-order valence-electron chi connectivity index (χ0n) is 19.2. The number of nitrogens with two attached hydrogens (primary N) is 1. The summed E-state index contributed by atoms with van der Waals surface area (Å²) in [5.41, 5.74) is 5.45. The molecule has 34 heavy (non-hydrogen) atoms. The number of carbonyl (C=O) groups is 1. The number of rotatable bonds is 7. The van der Waals surface area contributed by atoms with Gasteiger partial charge in [0.2, 0.25) is 5.16 Å². The number of ketones is 1. The molecule has 0 radical (unpaired) electrons. The number of hydrogen-bond acceptors (Lipinski definition) is 6. The second-order valence-corrected chi connectivity index (χ2v) is 9.23. The molecular weight excluding hydrogens is 446 g/mol. The van der Waals surface area contributed by atoms with Crippen molar-refractivity contribution in [1.29, 1.82) is 0 Å². The summed E-state index contributed by atoms with van der Waals surface area (Å²) < 4.78 is 3.04. The van der Waals surface area contributed by atoms with Crippen LogP contribution in [-0.4, -0.2) is 35.4 Å². The van der Waals surface area contributed by atoms with E-state index in [2.05, 4.69) is 33.3 Å². The quantitative estimate of drug-likeness (QED) is 0.205. The van der Waals surface area contributed by atoms with Gasteiger partial charge in [0.15, 0.2) is 5.78 Å². The first kappa shape index (κ1) is 22.0. The molecule has 0 amide bonds. The molecule has 0 aliphatic heterocycles. The lowest BCUT2D eigenvalue weighted by Crippen LogP contribution is -2.18. The number of nitrogen functional groups attached to an aromatic ring is 1. The number of aryl methyl sites for hydroxylation is 3. The van der Waals surface area contributed by atoms with Gasteiger partial charge in [0.05, 0.1) is 5.69 Å². The van der Waals surface area contributed by atoms with Crippen LogP contribution in [0.25, 0.3) is 16.9 Å². The number of hydrogen-bond donors (Lipinski definition) is 2. The van der Waals surface area contributed by atoms with Crippen molar-refractivity contribution in [2.75, 3.05) is 5.84 Å². The Hall–Kier alpha value is -3.85. The highest BCUT2D eigenvalue weighted by Crippen LogP contribution is 2.38. The smallest absolute Gasteiger partial charge is 0.271 e. The molecular formula is C25H25N7OS. The predicted octanol–water partition coefficient (Wildman–Crippen LogP) is 4.55. The molecule has 3 N–H and O–H groups in total. The number of Topliss-reactive ketones (excluding diaryl/α,β-unsaturated/α-hetero) is 1. The van der Waals surface area contributed by atoms with E-state index in [1.807, 2.05) is 62.4 Å². The maximum absolute atomic E-state index is 13.9. The second-order valence-electron chi connectivity index (χ2n) is 8.16. The maximum atomic E-state index is 13.9. The Morgan fingerprint density at radius 1 is 1.12 bits per heavy atom. The Morgan fingerprint density at radius 3 is 2.62 bits per heavy atom. The third kappa shape index (κ3) is 3.77. The van der Waals surface area contributed by atoms with Crippen LogP contribution >= 0.6 is 11.8 Å². The van der Waals surface area contributed by atoms with Crippen LogP contribution in [0, 0.1) is 13.8 Å². The molecule has 8 nitrogen and oxygen atoms in total. The van der Waals surface area contributed by atoms with Gasteiger partial charge < -0.3 is 10.8 Å². The monoisotopic (exact) mass is 471 g/mol. The maximum Gasteiger partial charge on any atom is 0.271 e. The highest BCUT2D eigenvalue weighted by Gasteiger charge is 2.28. The summed E-state index contributed by atoms with van der Waals surface area (Å²) in [6.45, 7) is 5.94. The van der Waals surface area contributed by atoms with E-state index in [4.69, 9.17) is 5.84 Å². The summed E-state index contributed by atoms with van der Waals surface area (Å²) in [5.74, 6) is 6.75. The van der Waals surface area contributed by atoms with E-state index in [0.717, 1.165) is 34.3 Å². The fourth-order valence-electron chi connectivity index (χ4n) is 4.19. The minimum absolute atomic E-state index is 0.0219. The van der Waals surface area contributed by atoms with Crippen LogP contribution < -0.4 is 5.84 Å². The molecule has 0 spiro atoms. The predicted molar refractivity (Wildman–Crippen MR) is 134 cm³/mol. The Labute approximate surface area is 201 Å². The Bertz CT molecular complexity index is 1480. The molecule has 3 aromatic heterocycles. The molecule has 2 aromatic carbocycles. The largest absolute Gasteiger partial charge is 0.360 e. The van der Waals surface area contributed by atoms with Gasteiger partial charge in [0.1, 0.15) is 5.25 Å². The van der Waals surface area contributed by atoms with Crippen LogP contribution in [0.3, 0.4) is 0 Å². The fourth-order valence-corrected chi connectivity index (χ4v) is 5.21. The summed E-state index contributed by atoms with van der Waals surface area (Å²) in [6.07, 6.45) is 2.69. The van der Waals surface area contributed by atoms with E-state index >= 15 is 0 Å². The van der Waals surface area contributed by atoms with Crippen LogP contribution in [0.2, 0.25) is 0 Å². The summed E-state index contributed by atoms with van der Waals surface area (Å²) in [5, 5.41) is 13.8. The van der Waals surface area contributed by atoms with Crippen molar-refractivity contribution < 1.29 is 4.79 Å². The zero-order chi connectivity index (χ0) is 23.8. The Kier molecular flexibility index (Phi) is 5.70. The molecule has 1 atom stereocenters. The number of benzene rings is 2. The van der Waals surface area contributed by atoms with Gasteiger partial charge in [-0.25, -0.2) is 9.36 Å². The van der Waals surface area contributed by atoms with Crippen LogP contribution in [0.5, 0.6) is 0 Å². The average molecular weight is 472 g/mol. The highest BCUT2D eigenvalue weighted by atomic mass is 32.2. The second kappa shape index (κ2) is 8.83. The number of fused-ring (bicyclic) bond motifs is 1. The molecule has 1 unspecified atom stereocenters. The van der Waals surface area contributed by atoms with Gasteiger partial charge >= 0.3 is 0 Å². The van der Waals surface area contributed by atoms with Gasteiger partial charge in [-0.2, -0.15) is 5.10 Å². The number of H-pyrrole nitrogens is 1. The van der Waals surface area contributed by atoms with E-state index in [-0.39, 0.29) is 5.78 Å². The highest BCUT2D eigenvalue weighted by molar-refractivity contribution is 8.00. The van der Waals surface area contributed by atoms with E-state index < -0.39 is 5.25 Å². The average Bonchev–Trinajstić information content (AvgIpc) is 3.53. The summed E-state index contributed by atoms with van der Waals surface area (Å²) in [7, 11) is 0. The van der Waals surface area contributed by atoms with Gasteiger partial charge in [-0.3, -0.25) is 4.79 Å². The molecule has 9 heteroatoms. The summed E-state index contributed by atoms with van der Waals surface area (Å²) in [4.78, 5) is 17.2. The minimum atomic E-state index is -0.551. The van der Waals surface area contributed by atoms with Crippen LogP contribution in [0.1, 0.15) is 45.0 Å². The van der Waals surface area contributed by atoms with Crippen molar-refractivity contribution in [3.05, 3.63) is 88.9 Å². The van der Waals surface area contributed by atoms with E-state index in [0.29, 0.717) is 16.7 Å². The molecule has 0 fully saturated rings. The number of nitrogens with one attached hydrogen (secondary N) is 1. The zero-order valence-corrected chi connectivity index (χ0v) is 20.0. The number of para-hydroxylation sites is 1. The molecule has 3 heterocycles. The van der Waals surface area contributed by atoms with E-state index in [1.165, 1.54) is 22.0 Å². The molecule has 0 bridgehead atoms. The molecule has 0 aliphatic carbocycles. The van der Waals surface area contributed by atoms with Crippen LogP contribution in [0.15, 0.2) is 66.0 Å². The summed E-state index contributed by atoms with van der Waals surface area (Å²) >= 11 is 1.28. The fraction of sp³-hybridized carbons (Fsp3) is 0.200. The van der Waals surface area contributed by atoms with Crippen molar-refractivity contribution in [3.8, 4) is 5.95 Å². The molecule has 0 saturated carbocycles. The van der Waals surface area contributed by atoms with Crippen LogP contribution in [-0.2, 0) is 6.42 Å². The lowest BCUT2D eigenvalue weighted by molar-refractivity contribution is 0.0991. The number of thioether (sulfide) groups is 1. The van der Waals surface area contributed by atoms with E-state index in [1.54, 1.807) is 10.9 Å². The molecule has 172 valence electrons. The van der Waals surface area contributed by atoms with Gasteiger partial charge in [-0.05, 0) is 37.5 Å². The first-order chi connectivity index (χ1) is 16.5. The van der Waals surface area contributed by atoms with E-state index in [9.17, 15) is 4.79 Å². The topological polar surface area (TPSA) is 107 Å². The standard InChI is InChI=1S/C25H25N7OS/c1-4-17-11-8-12-19-20(14-27-21(17)19)22(33)23(18-9-6-5-7-10-18)34-25-29-28-24(31(25)26)32-16(3)13-15(2)30-32/h5-14,23,27H,4,26H2,1-3H3. The number of aromatic amines is 1. The molecule has 5 aromatic rings. The van der Waals surface area contributed by atoms with Gasteiger partial charge in [0, 0.05) is 28.4 Å².